The van der Waals surface area contributed by atoms with Gasteiger partial charge in [0.2, 0.25) is 0 Å². The van der Waals surface area contributed by atoms with Crippen LogP contribution in [0.25, 0.3) is 0 Å². The molecular weight excluding hydrogens is 315 g/mol. The Labute approximate surface area is 140 Å². The van der Waals surface area contributed by atoms with E-state index < -0.39 is 11.7 Å². The number of ether oxygens (including phenoxy) is 1. The molecule has 1 aromatic rings. The molecule has 24 heavy (non-hydrogen) atoms. The summed E-state index contributed by atoms with van der Waals surface area (Å²) in [6, 6.07) is 3.99. The molecule has 0 radical (unpaired) electrons. The molecule has 0 aliphatic carbocycles. The second-order valence-corrected chi connectivity index (χ2v) is 6.46. The minimum Gasteiger partial charge on any atom is -0.378 e. The average molecular weight is 337 g/mol. The third kappa shape index (κ3) is 3.22. The highest BCUT2D eigenvalue weighted by Crippen LogP contribution is 2.46. The Morgan fingerprint density at radius 2 is 2.12 bits per heavy atom. The number of fused-ring (bicyclic) bond motifs is 3. The third-order valence-corrected chi connectivity index (χ3v) is 4.83. The summed E-state index contributed by atoms with van der Waals surface area (Å²) >= 11 is 0. The van der Waals surface area contributed by atoms with E-state index in [1.165, 1.54) is 17.7 Å². The molecule has 0 aromatic heterocycles. The topological polar surface area (TPSA) is 21.3 Å². The van der Waals surface area contributed by atoms with Gasteiger partial charge in [0, 0.05) is 23.8 Å². The van der Waals surface area contributed by atoms with Crippen LogP contribution in [0.1, 0.15) is 43.9 Å². The van der Waals surface area contributed by atoms with Crippen LogP contribution in [-0.2, 0) is 10.9 Å². The van der Waals surface area contributed by atoms with Crippen molar-refractivity contribution in [3.63, 3.8) is 0 Å². The number of hydrogen-bond acceptors (Lipinski definition) is 2. The first-order valence-corrected chi connectivity index (χ1v) is 8.30. The normalized spacial score (nSPS) is 27.5. The first-order chi connectivity index (χ1) is 11.4. The van der Waals surface area contributed by atoms with Crippen LogP contribution >= 0.6 is 0 Å². The molecule has 1 fully saturated rings. The van der Waals surface area contributed by atoms with Crippen molar-refractivity contribution in [2.24, 2.45) is 5.92 Å². The van der Waals surface area contributed by atoms with Crippen LogP contribution in [0.3, 0.4) is 0 Å². The molecule has 3 atom stereocenters. The van der Waals surface area contributed by atoms with Gasteiger partial charge in [0.25, 0.3) is 0 Å². The lowest BCUT2D eigenvalue weighted by molar-refractivity contribution is -0.137. The molecule has 1 aromatic carbocycles. The van der Waals surface area contributed by atoms with E-state index in [-0.39, 0.29) is 18.1 Å². The molecule has 0 unspecified atom stereocenters. The van der Waals surface area contributed by atoms with E-state index in [0.29, 0.717) is 12.2 Å². The monoisotopic (exact) mass is 337 g/mol. The van der Waals surface area contributed by atoms with Crippen LogP contribution in [-0.4, -0.2) is 12.6 Å². The van der Waals surface area contributed by atoms with Gasteiger partial charge in [-0.25, -0.2) is 0 Å². The van der Waals surface area contributed by atoms with Crippen molar-refractivity contribution in [1.82, 2.24) is 0 Å². The molecule has 3 rings (SSSR count). The Balaban J connectivity index is 2.01. The summed E-state index contributed by atoms with van der Waals surface area (Å²) < 4.78 is 45.1. The molecule has 2 aliphatic rings. The van der Waals surface area contributed by atoms with Gasteiger partial charge in [-0.3, -0.25) is 0 Å². The summed E-state index contributed by atoms with van der Waals surface area (Å²) in [5.74, 6) is 0.149. The standard InChI is InChI=1S/C19H22F3NO/c1-3-4-6-12(2)17-14-7-5-10-24-18(14)15-11-13(19(20,21)22)8-9-16(15)23-17/h3-4,6,8-9,11,14,17-18,23H,5,7,10H2,1-2H3/b4-3-,12-6+/t14-,17-,18-/m0/s1. The minimum atomic E-state index is -4.34. The summed E-state index contributed by atoms with van der Waals surface area (Å²) in [7, 11) is 0. The Morgan fingerprint density at radius 3 is 2.83 bits per heavy atom. The molecule has 130 valence electrons. The fraction of sp³-hybridized carbons (Fsp3) is 0.474. The van der Waals surface area contributed by atoms with Crippen LogP contribution in [0, 0.1) is 5.92 Å². The molecule has 5 heteroatoms. The van der Waals surface area contributed by atoms with Gasteiger partial charge in [-0.1, -0.05) is 23.8 Å². The summed E-state index contributed by atoms with van der Waals surface area (Å²) in [6.07, 6.45) is 3.26. The van der Waals surface area contributed by atoms with E-state index in [0.717, 1.165) is 24.6 Å². The molecule has 2 nitrogen and oxygen atoms in total. The van der Waals surface area contributed by atoms with Crippen molar-refractivity contribution < 1.29 is 17.9 Å². The van der Waals surface area contributed by atoms with Crippen LogP contribution in [0.15, 0.2) is 42.0 Å². The highest BCUT2D eigenvalue weighted by molar-refractivity contribution is 5.59. The predicted octanol–water partition coefficient (Wildman–Crippen LogP) is 5.49. The molecule has 0 amide bonds. The van der Waals surface area contributed by atoms with Crippen molar-refractivity contribution in [1.29, 1.82) is 0 Å². The van der Waals surface area contributed by atoms with E-state index in [1.807, 2.05) is 19.1 Å². The van der Waals surface area contributed by atoms with Crippen LogP contribution in [0.2, 0.25) is 0 Å². The molecule has 1 N–H and O–H groups in total. The van der Waals surface area contributed by atoms with E-state index in [9.17, 15) is 13.2 Å². The lowest BCUT2D eigenvalue weighted by atomic mass is 9.77. The second-order valence-electron chi connectivity index (χ2n) is 6.46. The number of rotatable bonds is 2. The molecule has 0 saturated carbocycles. The molecule has 1 saturated heterocycles. The number of nitrogens with one attached hydrogen (secondary N) is 1. The second kappa shape index (κ2) is 6.63. The Morgan fingerprint density at radius 1 is 1.33 bits per heavy atom. The van der Waals surface area contributed by atoms with Crippen LogP contribution in [0.4, 0.5) is 18.9 Å². The Hall–Kier alpha value is -1.75. The number of allylic oxidation sites excluding steroid dienone is 3. The predicted molar refractivity (Wildman–Crippen MR) is 88.8 cm³/mol. The number of halogens is 3. The zero-order valence-corrected chi connectivity index (χ0v) is 13.9. The summed E-state index contributed by atoms with van der Waals surface area (Å²) in [5, 5.41) is 3.43. The zero-order chi connectivity index (χ0) is 17.3. The number of anilines is 1. The smallest absolute Gasteiger partial charge is 0.378 e. The number of hydrogen-bond donors (Lipinski definition) is 1. The Bertz CT molecular complexity index is 663. The maximum absolute atomic E-state index is 13.0. The van der Waals surface area contributed by atoms with Gasteiger partial charge in [0.05, 0.1) is 17.7 Å². The molecular formula is C19H22F3NO. The molecule has 2 aliphatic heterocycles. The highest BCUT2D eigenvalue weighted by Gasteiger charge is 2.41. The van der Waals surface area contributed by atoms with Gasteiger partial charge in [-0.2, -0.15) is 13.2 Å². The van der Waals surface area contributed by atoms with Crippen molar-refractivity contribution >= 4 is 5.69 Å². The quantitative estimate of drug-likeness (QED) is 0.721. The lowest BCUT2D eigenvalue weighted by Gasteiger charge is -2.43. The van der Waals surface area contributed by atoms with Crippen LogP contribution < -0.4 is 5.32 Å². The SMILES string of the molecule is C/C=C\C=C(/C)[C@@H]1Nc2ccc(C(F)(F)F)cc2[C@H]2OCCC[C@H]21. The van der Waals surface area contributed by atoms with E-state index in [4.69, 9.17) is 4.74 Å². The van der Waals surface area contributed by atoms with Gasteiger partial charge in [0.15, 0.2) is 0 Å². The summed E-state index contributed by atoms with van der Waals surface area (Å²) in [4.78, 5) is 0. The van der Waals surface area contributed by atoms with Crippen molar-refractivity contribution in [3.8, 4) is 0 Å². The number of alkyl halides is 3. The van der Waals surface area contributed by atoms with Gasteiger partial charge >= 0.3 is 6.18 Å². The largest absolute Gasteiger partial charge is 0.416 e. The van der Waals surface area contributed by atoms with Crippen molar-refractivity contribution in [2.45, 2.75) is 45.0 Å². The van der Waals surface area contributed by atoms with Gasteiger partial charge in [0.1, 0.15) is 0 Å². The highest BCUT2D eigenvalue weighted by atomic mass is 19.4. The molecule has 0 bridgehead atoms. The molecule has 0 spiro atoms. The van der Waals surface area contributed by atoms with E-state index in [2.05, 4.69) is 18.3 Å². The van der Waals surface area contributed by atoms with Gasteiger partial charge in [-0.15, -0.1) is 0 Å². The first kappa shape index (κ1) is 17.1. The fourth-order valence-electron chi connectivity index (χ4n) is 3.65. The third-order valence-electron chi connectivity index (χ3n) is 4.83. The fourth-order valence-corrected chi connectivity index (χ4v) is 3.65. The van der Waals surface area contributed by atoms with Crippen LogP contribution in [0.5, 0.6) is 0 Å². The average Bonchev–Trinajstić information content (AvgIpc) is 2.57. The van der Waals surface area contributed by atoms with Crippen molar-refractivity contribution in [3.05, 3.63) is 53.1 Å². The maximum atomic E-state index is 13.0. The molecule has 2 heterocycles. The van der Waals surface area contributed by atoms with E-state index in [1.54, 1.807) is 0 Å². The summed E-state index contributed by atoms with van der Waals surface area (Å²) in [5.41, 5.74) is 1.92. The van der Waals surface area contributed by atoms with Gasteiger partial charge < -0.3 is 10.1 Å². The van der Waals surface area contributed by atoms with Gasteiger partial charge in [-0.05, 0) is 44.9 Å². The summed E-state index contributed by atoms with van der Waals surface area (Å²) in [6.45, 7) is 4.61. The lowest BCUT2D eigenvalue weighted by Crippen LogP contribution is -2.42. The zero-order valence-electron chi connectivity index (χ0n) is 13.9. The van der Waals surface area contributed by atoms with E-state index >= 15 is 0 Å². The van der Waals surface area contributed by atoms with Crippen molar-refractivity contribution in [2.75, 3.05) is 11.9 Å². The first-order valence-electron chi connectivity index (χ1n) is 8.30. The maximum Gasteiger partial charge on any atom is 0.416 e. The minimum absolute atomic E-state index is 0.0794. The Kier molecular flexibility index (Phi) is 4.72. The number of benzene rings is 1.